The fourth-order valence-electron chi connectivity index (χ4n) is 1.67. The van der Waals surface area contributed by atoms with Crippen molar-refractivity contribution in [1.29, 1.82) is 0 Å². The molecule has 0 heterocycles. The van der Waals surface area contributed by atoms with E-state index in [1.165, 1.54) is 12.8 Å². The van der Waals surface area contributed by atoms with Gasteiger partial charge in [0.15, 0.2) is 15.8 Å². The quantitative estimate of drug-likeness (QED) is 0.367. The van der Waals surface area contributed by atoms with E-state index in [0.29, 0.717) is 12.5 Å². The van der Waals surface area contributed by atoms with Crippen molar-refractivity contribution in [3.63, 3.8) is 0 Å². The smallest absolute Gasteiger partial charge is 0.191 e. The Morgan fingerprint density at radius 3 is 2.40 bits per heavy atom. The van der Waals surface area contributed by atoms with E-state index in [9.17, 15) is 8.42 Å². The number of sulfone groups is 1. The van der Waals surface area contributed by atoms with Crippen LogP contribution in [0.1, 0.15) is 47.0 Å². The molecule has 0 atom stereocenters. The van der Waals surface area contributed by atoms with Crippen molar-refractivity contribution >= 4 is 15.8 Å². The Labute approximate surface area is 124 Å². The van der Waals surface area contributed by atoms with Gasteiger partial charge in [-0.25, -0.2) is 8.42 Å². The molecule has 0 aliphatic rings. The summed E-state index contributed by atoms with van der Waals surface area (Å²) in [6, 6.07) is 0. The van der Waals surface area contributed by atoms with E-state index in [1.807, 2.05) is 6.92 Å². The van der Waals surface area contributed by atoms with Crippen molar-refractivity contribution in [2.75, 3.05) is 31.1 Å². The van der Waals surface area contributed by atoms with Gasteiger partial charge in [0.25, 0.3) is 0 Å². The zero-order valence-electron chi connectivity index (χ0n) is 13.4. The third-order valence-corrected chi connectivity index (χ3v) is 4.65. The van der Waals surface area contributed by atoms with E-state index < -0.39 is 9.84 Å². The maximum atomic E-state index is 11.4. The molecule has 0 bridgehead atoms. The molecule has 0 unspecified atom stereocenters. The van der Waals surface area contributed by atoms with Gasteiger partial charge in [-0.15, -0.1) is 0 Å². The normalized spacial score (nSPS) is 12.8. The zero-order valence-corrected chi connectivity index (χ0v) is 14.2. The van der Waals surface area contributed by atoms with Gasteiger partial charge in [-0.1, -0.05) is 33.6 Å². The van der Waals surface area contributed by atoms with Crippen molar-refractivity contribution in [2.24, 2.45) is 10.9 Å². The highest BCUT2D eigenvalue weighted by Gasteiger charge is 2.07. The monoisotopic (exact) mass is 305 g/mol. The molecular weight excluding hydrogens is 274 g/mol. The minimum Gasteiger partial charge on any atom is -0.357 e. The molecule has 0 spiro atoms. The predicted octanol–water partition coefficient (Wildman–Crippen LogP) is 1.80. The van der Waals surface area contributed by atoms with Gasteiger partial charge in [0, 0.05) is 25.4 Å². The lowest BCUT2D eigenvalue weighted by atomic mass is 10.1. The summed E-state index contributed by atoms with van der Waals surface area (Å²) in [6.45, 7) is 10.1. The van der Waals surface area contributed by atoms with Crippen LogP contribution in [0, 0.1) is 5.92 Å². The van der Waals surface area contributed by atoms with Crippen molar-refractivity contribution < 1.29 is 8.42 Å². The van der Waals surface area contributed by atoms with Crippen LogP contribution >= 0.6 is 0 Å². The maximum absolute atomic E-state index is 11.4. The number of unbranched alkanes of at least 4 members (excludes halogenated alkanes) is 1. The number of guanidine groups is 1. The molecule has 0 aromatic rings. The van der Waals surface area contributed by atoms with Gasteiger partial charge in [-0.2, -0.15) is 0 Å². The summed E-state index contributed by atoms with van der Waals surface area (Å²) in [6.07, 6.45) is 3.49. The van der Waals surface area contributed by atoms with Gasteiger partial charge in [-0.3, -0.25) is 4.99 Å². The van der Waals surface area contributed by atoms with Crippen LogP contribution in [0.3, 0.4) is 0 Å². The van der Waals surface area contributed by atoms with Crippen molar-refractivity contribution in [3.8, 4) is 0 Å². The van der Waals surface area contributed by atoms with Gasteiger partial charge >= 0.3 is 0 Å². The molecule has 0 aromatic carbocycles. The average molecular weight is 305 g/mol. The fourth-order valence-corrected chi connectivity index (χ4v) is 2.37. The minimum absolute atomic E-state index is 0.154. The van der Waals surface area contributed by atoms with Crippen LogP contribution in [0.15, 0.2) is 4.99 Å². The first kappa shape index (κ1) is 19.2. The van der Waals surface area contributed by atoms with Crippen molar-refractivity contribution in [1.82, 2.24) is 10.6 Å². The largest absolute Gasteiger partial charge is 0.357 e. The van der Waals surface area contributed by atoms with Gasteiger partial charge in [0.1, 0.15) is 0 Å². The van der Waals surface area contributed by atoms with E-state index in [0.717, 1.165) is 25.4 Å². The molecule has 20 heavy (non-hydrogen) atoms. The highest BCUT2D eigenvalue weighted by molar-refractivity contribution is 7.91. The lowest BCUT2D eigenvalue weighted by molar-refractivity contribution is 0.541. The Morgan fingerprint density at radius 2 is 1.85 bits per heavy atom. The lowest BCUT2D eigenvalue weighted by Gasteiger charge is -2.11. The summed E-state index contributed by atoms with van der Waals surface area (Å²) in [5, 5.41) is 6.20. The minimum atomic E-state index is -2.91. The molecule has 0 rings (SSSR count). The Hall–Kier alpha value is -0.780. The van der Waals surface area contributed by atoms with Crippen LogP contribution in [-0.2, 0) is 9.84 Å². The Bertz CT molecular complexity index is 365. The SMILES string of the molecule is CCNC(=NCCCCC(C)C)NCCS(=O)(=O)CC. The predicted molar refractivity (Wildman–Crippen MR) is 87.0 cm³/mol. The Morgan fingerprint density at radius 1 is 1.15 bits per heavy atom. The molecule has 0 saturated carbocycles. The zero-order chi connectivity index (χ0) is 15.4. The highest BCUT2D eigenvalue weighted by atomic mass is 32.2. The third kappa shape index (κ3) is 11.1. The van der Waals surface area contributed by atoms with E-state index in [4.69, 9.17) is 0 Å². The number of nitrogens with zero attached hydrogens (tertiary/aromatic N) is 1. The average Bonchev–Trinajstić information content (AvgIpc) is 2.37. The molecule has 0 aliphatic carbocycles. The van der Waals surface area contributed by atoms with E-state index >= 15 is 0 Å². The summed E-state index contributed by atoms with van der Waals surface area (Å²) in [7, 11) is -2.91. The summed E-state index contributed by atoms with van der Waals surface area (Å²) in [5.74, 6) is 1.80. The van der Waals surface area contributed by atoms with Gasteiger partial charge < -0.3 is 10.6 Å². The van der Waals surface area contributed by atoms with Crippen molar-refractivity contribution in [2.45, 2.75) is 47.0 Å². The van der Waals surface area contributed by atoms with Crippen LogP contribution in [0.5, 0.6) is 0 Å². The maximum Gasteiger partial charge on any atom is 0.191 e. The molecule has 0 fully saturated rings. The standard InChI is InChI=1S/C14H31N3O2S/c1-5-15-14(16-10-8-7-9-13(3)4)17-11-12-20(18,19)6-2/h13H,5-12H2,1-4H3,(H2,15,16,17). The first-order chi connectivity index (χ1) is 9.41. The second kappa shape index (κ2) is 10.9. The number of aliphatic imine (C=N–C) groups is 1. The van der Waals surface area contributed by atoms with Crippen LogP contribution in [-0.4, -0.2) is 45.5 Å². The lowest BCUT2D eigenvalue weighted by Crippen LogP contribution is -2.39. The molecule has 0 radical (unpaired) electrons. The number of rotatable bonds is 10. The van der Waals surface area contributed by atoms with Gasteiger partial charge in [0.05, 0.1) is 5.75 Å². The van der Waals surface area contributed by atoms with E-state index in [2.05, 4.69) is 29.5 Å². The molecule has 2 N–H and O–H groups in total. The first-order valence-electron chi connectivity index (χ1n) is 7.63. The molecule has 6 heteroatoms. The Balaban J connectivity index is 4.02. The fraction of sp³-hybridized carbons (Fsp3) is 0.929. The Kier molecular flexibility index (Phi) is 10.5. The summed E-state index contributed by atoms with van der Waals surface area (Å²) >= 11 is 0. The van der Waals surface area contributed by atoms with Gasteiger partial charge in [-0.05, 0) is 19.3 Å². The molecule has 0 saturated heterocycles. The van der Waals surface area contributed by atoms with Crippen LogP contribution in [0.25, 0.3) is 0 Å². The topological polar surface area (TPSA) is 70.6 Å². The van der Waals surface area contributed by atoms with E-state index in [1.54, 1.807) is 6.92 Å². The van der Waals surface area contributed by atoms with Crippen molar-refractivity contribution in [3.05, 3.63) is 0 Å². The highest BCUT2D eigenvalue weighted by Crippen LogP contribution is 2.05. The number of hydrogen-bond acceptors (Lipinski definition) is 3. The number of hydrogen-bond donors (Lipinski definition) is 2. The second-order valence-corrected chi connectivity index (χ2v) is 7.79. The summed E-state index contributed by atoms with van der Waals surface area (Å²) in [5.41, 5.74) is 0. The number of nitrogens with one attached hydrogen (secondary N) is 2. The first-order valence-corrected chi connectivity index (χ1v) is 9.46. The van der Waals surface area contributed by atoms with Gasteiger partial charge in [0.2, 0.25) is 0 Å². The summed E-state index contributed by atoms with van der Waals surface area (Å²) in [4.78, 5) is 4.46. The van der Waals surface area contributed by atoms with E-state index in [-0.39, 0.29) is 11.5 Å². The van der Waals surface area contributed by atoms with Crippen LogP contribution in [0.2, 0.25) is 0 Å². The summed E-state index contributed by atoms with van der Waals surface area (Å²) < 4.78 is 22.8. The molecule has 0 amide bonds. The van der Waals surface area contributed by atoms with Crippen LogP contribution in [0.4, 0.5) is 0 Å². The molecule has 120 valence electrons. The third-order valence-electron chi connectivity index (χ3n) is 2.95. The molecular formula is C14H31N3O2S. The molecule has 5 nitrogen and oxygen atoms in total. The molecule has 0 aliphatic heterocycles. The van der Waals surface area contributed by atoms with Crippen LogP contribution < -0.4 is 10.6 Å². The molecule has 0 aromatic heterocycles. The second-order valence-electron chi connectivity index (χ2n) is 5.31.